The Labute approximate surface area is 206 Å². The number of carbonyl (C=O) groups excluding carboxylic acids is 2. The van der Waals surface area contributed by atoms with Gasteiger partial charge in [-0.3, -0.25) is 4.99 Å². The zero-order valence-corrected chi connectivity index (χ0v) is 21.1. The zero-order chi connectivity index (χ0) is 24.5. The molecule has 0 spiro atoms. The smallest absolute Gasteiger partial charge is 0.346 e. The number of para-hydroxylation sites is 1. The van der Waals surface area contributed by atoms with E-state index < -0.39 is 17.5 Å². The maximum absolute atomic E-state index is 12.5. The monoisotopic (exact) mass is 496 g/mol. The van der Waals surface area contributed by atoms with Crippen molar-refractivity contribution in [3.8, 4) is 5.75 Å². The van der Waals surface area contributed by atoms with E-state index in [1.807, 2.05) is 62.4 Å². The number of ether oxygens (including phenoxy) is 3. The summed E-state index contributed by atoms with van der Waals surface area (Å²) in [5.74, 6) is -0.465. The Morgan fingerprint density at radius 1 is 0.912 bits per heavy atom. The van der Waals surface area contributed by atoms with Gasteiger partial charge in [0, 0.05) is 22.9 Å². The molecule has 2 aromatic rings. The van der Waals surface area contributed by atoms with Crippen molar-refractivity contribution in [2.24, 2.45) is 4.99 Å². The first-order valence-corrected chi connectivity index (χ1v) is 12.0. The molecule has 0 atom stereocenters. The molecule has 0 amide bonds. The zero-order valence-electron chi connectivity index (χ0n) is 19.4. The summed E-state index contributed by atoms with van der Waals surface area (Å²) in [5, 5.41) is 3.57. The van der Waals surface area contributed by atoms with Gasteiger partial charge in [-0.2, -0.15) is 0 Å². The Kier molecular flexibility index (Phi) is 6.77. The van der Waals surface area contributed by atoms with Crippen LogP contribution in [0.1, 0.15) is 19.4 Å². The van der Waals surface area contributed by atoms with Gasteiger partial charge in [0.1, 0.15) is 15.6 Å². The van der Waals surface area contributed by atoms with E-state index in [9.17, 15) is 9.59 Å². The highest BCUT2D eigenvalue weighted by Gasteiger charge is 2.41. The van der Waals surface area contributed by atoms with Gasteiger partial charge < -0.3 is 19.5 Å². The summed E-state index contributed by atoms with van der Waals surface area (Å²) in [7, 11) is 4.20. The van der Waals surface area contributed by atoms with Gasteiger partial charge in [0.05, 0.1) is 42.5 Å². The lowest BCUT2D eigenvalue weighted by Crippen LogP contribution is -2.44. The molecule has 34 heavy (non-hydrogen) atoms. The van der Waals surface area contributed by atoms with Crippen molar-refractivity contribution in [3.63, 3.8) is 0 Å². The van der Waals surface area contributed by atoms with Crippen LogP contribution in [0.25, 0.3) is 5.57 Å². The summed E-state index contributed by atoms with van der Waals surface area (Å²) in [4.78, 5) is 30.4. The SMILES string of the molecule is COC(=O)C1=C(C(=O)OC)SC(=C2C(=Nc3cccc(OC)c3)C(C)(C)Nc3ccccc32)S1. The quantitative estimate of drug-likeness (QED) is 0.565. The maximum Gasteiger partial charge on any atom is 0.346 e. The topological polar surface area (TPSA) is 86.2 Å². The van der Waals surface area contributed by atoms with Crippen molar-refractivity contribution in [1.82, 2.24) is 0 Å². The molecule has 0 aromatic heterocycles. The molecule has 9 heteroatoms. The second kappa shape index (κ2) is 9.60. The van der Waals surface area contributed by atoms with E-state index in [-0.39, 0.29) is 9.81 Å². The van der Waals surface area contributed by atoms with Crippen LogP contribution in [0.3, 0.4) is 0 Å². The highest BCUT2D eigenvalue weighted by atomic mass is 32.2. The Bertz CT molecular complexity index is 1230. The molecule has 0 bridgehead atoms. The molecule has 0 aliphatic carbocycles. The Morgan fingerprint density at radius 2 is 1.56 bits per heavy atom. The summed E-state index contributed by atoms with van der Waals surface area (Å²) >= 11 is 2.40. The van der Waals surface area contributed by atoms with Gasteiger partial charge >= 0.3 is 11.9 Å². The molecule has 0 saturated heterocycles. The second-order valence-electron chi connectivity index (χ2n) is 7.97. The number of aliphatic imine (C=N–C) groups is 1. The second-order valence-corrected chi connectivity index (χ2v) is 10.3. The van der Waals surface area contributed by atoms with E-state index in [2.05, 4.69) is 5.32 Å². The van der Waals surface area contributed by atoms with Crippen molar-refractivity contribution in [2.75, 3.05) is 26.6 Å². The fourth-order valence-corrected chi connectivity index (χ4v) is 6.30. The lowest BCUT2D eigenvalue weighted by Gasteiger charge is -2.37. The van der Waals surface area contributed by atoms with Gasteiger partial charge in [0.15, 0.2) is 0 Å². The molecule has 176 valence electrons. The third-order valence-corrected chi connectivity index (χ3v) is 7.87. The largest absolute Gasteiger partial charge is 0.497 e. The molecule has 0 unspecified atom stereocenters. The van der Waals surface area contributed by atoms with Gasteiger partial charge in [-0.15, -0.1) is 0 Å². The number of nitrogens with zero attached hydrogens (tertiary/aromatic N) is 1. The number of hydrogen-bond donors (Lipinski definition) is 1. The number of carbonyl (C=O) groups is 2. The van der Waals surface area contributed by atoms with E-state index in [4.69, 9.17) is 19.2 Å². The van der Waals surface area contributed by atoms with Crippen molar-refractivity contribution in [3.05, 3.63) is 68.1 Å². The van der Waals surface area contributed by atoms with Crippen molar-refractivity contribution in [2.45, 2.75) is 19.4 Å². The fourth-order valence-electron chi connectivity index (χ4n) is 3.71. The molecule has 1 N–H and O–H groups in total. The molecule has 2 aromatic carbocycles. The van der Waals surface area contributed by atoms with Crippen LogP contribution in [0.5, 0.6) is 5.75 Å². The number of methoxy groups -OCH3 is 3. The molecule has 7 nitrogen and oxygen atoms in total. The van der Waals surface area contributed by atoms with Crippen LogP contribution in [-0.4, -0.2) is 44.5 Å². The van der Waals surface area contributed by atoms with E-state index in [0.29, 0.717) is 5.75 Å². The molecule has 4 rings (SSSR count). The third kappa shape index (κ3) is 4.45. The van der Waals surface area contributed by atoms with E-state index in [0.717, 1.165) is 32.5 Å². The minimum atomic E-state index is -0.582. The van der Waals surface area contributed by atoms with Crippen LogP contribution in [0.15, 0.2) is 67.6 Å². The molecule has 2 aliphatic heterocycles. The fraction of sp³-hybridized carbons (Fsp3) is 0.240. The first-order chi connectivity index (χ1) is 16.3. The lowest BCUT2D eigenvalue weighted by molar-refractivity contribution is -0.138. The normalized spacial score (nSPS) is 17.9. The molecule has 0 fully saturated rings. The van der Waals surface area contributed by atoms with Crippen LogP contribution in [0.2, 0.25) is 0 Å². The van der Waals surface area contributed by atoms with Crippen LogP contribution in [-0.2, 0) is 19.1 Å². The summed E-state index contributed by atoms with van der Waals surface area (Å²) in [6, 6.07) is 15.4. The van der Waals surface area contributed by atoms with Crippen molar-refractivity contribution in [1.29, 1.82) is 0 Å². The van der Waals surface area contributed by atoms with Gasteiger partial charge in [0.25, 0.3) is 0 Å². The number of benzene rings is 2. The van der Waals surface area contributed by atoms with E-state index in [1.54, 1.807) is 7.11 Å². The summed E-state index contributed by atoms with van der Waals surface area (Å²) in [5.41, 5.74) is 3.65. The van der Waals surface area contributed by atoms with Gasteiger partial charge in [-0.25, -0.2) is 9.59 Å². The highest BCUT2D eigenvalue weighted by molar-refractivity contribution is 8.29. The number of esters is 2. The van der Waals surface area contributed by atoms with Crippen LogP contribution < -0.4 is 10.1 Å². The predicted octanol–water partition coefficient (Wildman–Crippen LogP) is 5.38. The number of hydrogen-bond acceptors (Lipinski definition) is 9. The van der Waals surface area contributed by atoms with Crippen LogP contribution >= 0.6 is 23.5 Å². The number of nitrogens with one attached hydrogen (secondary N) is 1. The first-order valence-electron chi connectivity index (χ1n) is 10.4. The van der Waals surface area contributed by atoms with Crippen molar-refractivity contribution >= 4 is 58.1 Å². The number of anilines is 1. The Balaban J connectivity index is 1.95. The van der Waals surface area contributed by atoms with Crippen molar-refractivity contribution < 1.29 is 23.8 Å². The lowest BCUT2D eigenvalue weighted by atomic mass is 9.83. The van der Waals surface area contributed by atoms with Crippen LogP contribution in [0, 0.1) is 0 Å². The summed E-state index contributed by atoms with van der Waals surface area (Å²) in [6.45, 7) is 4.09. The van der Waals surface area contributed by atoms with Gasteiger partial charge in [-0.1, -0.05) is 47.8 Å². The average Bonchev–Trinajstić information content (AvgIpc) is 3.28. The predicted molar refractivity (Wildman–Crippen MR) is 137 cm³/mol. The maximum atomic E-state index is 12.5. The highest BCUT2D eigenvalue weighted by Crippen LogP contribution is 2.55. The molecule has 2 aliphatic rings. The first kappa shape index (κ1) is 24.0. The Hall–Kier alpha value is -3.17. The molecular formula is C25H24N2O5S2. The molecular weight excluding hydrogens is 472 g/mol. The van der Waals surface area contributed by atoms with E-state index in [1.165, 1.54) is 37.7 Å². The number of fused-ring (bicyclic) bond motifs is 1. The van der Waals surface area contributed by atoms with Gasteiger partial charge in [0.2, 0.25) is 0 Å². The minimum absolute atomic E-state index is 0.205. The van der Waals surface area contributed by atoms with E-state index >= 15 is 0 Å². The minimum Gasteiger partial charge on any atom is -0.497 e. The third-order valence-electron chi connectivity index (χ3n) is 5.31. The number of thioether (sulfide) groups is 2. The Morgan fingerprint density at radius 3 is 2.18 bits per heavy atom. The van der Waals surface area contributed by atoms with Crippen LogP contribution in [0.4, 0.5) is 11.4 Å². The summed E-state index contributed by atoms with van der Waals surface area (Å²) < 4.78 is 16.0. The molecule has 2 heterocycles. The van der Waals surface area contributed by atoms with Gasteiger partial charge in [-0.05, 0) is 32.0 Å². The summed E-state index contributed by atoms with van der Waals surface area (Å²) in [6.07, 6.45) is 0. The standard InChI is InChI=1S/C25H24N2O5S2/c1-25(2)21(26-14-9-8-10-15(13-14)30-3)18(16-11-6-7-12-17(16)27-25)24-33-19(22(28)31-4)20(34-24)23(29)32-5/h6-13,27H,1-5H3. The molecule has 0 radical (unpaired) electrons. The average molecular weight is 497 g/mol. The number of rotatable bonds is 4. The molecule has 0 saturated carbocycles.